The first kappa shape index (κ1) is 34.8. The Morgan fingerprint density at radius 2 is 1.78 bits per heavy atom. The van der Waals surface area contributed by atoms with Crippen LogP contribution < -0.4 is 19.1 Å². The van der Waals surface area contributed by atoms with Crippen LogP contribution in [0.1, 0.15) is 50.7 Å². The number of rotatable bonds is 11. The Labute approximate surface area is 296 Å². The lowest BCUT2D eigenvalue weighted by molar-refractivity contribution is -0.904. The summed E-state index contributed by atoms with van der Waals surface area (Å²) in [6.45, 7) is 2.34. The van der Waals surface area contributed by atoms with Crippen molar-refractivity contribution in [1.29, 1.82) is 0 Å². The Bertz CT molecular complexity index is 1840. The Balaban J connectivity index is 1.46. The molecule has 0 aliphatic carbocycles. The van der Waals surface area contributed by atoms with Gasteiger partial charge in [0.25, 0.3) is 0 Å². The largest absolute Gasteiger partial charge is 0.493 e. The van der Waals surface area contributed by atoms with Gasteiger partial charge in [0.2, 0.25) is 12.4 Å². The number of aromatic carboxylic acids is 1. The lowest BCUT2D eigenvalue weighted by Crippen LogP contribution is -2.53. The van der Waals surface area contributed by atoms with Crippen LogP contribution >= 0.6 is 34.5 Å². The minimum Gasteiger partial charge on any atom is -0.493 e. The highest BCUT2D eigenvalue weighted by atomic mass is 35.5. The number of carboxylic acid groups (broad SMARTS) is 1. The molecule has 7 rings (SSSR count). The minimum absolute atomic E-state index is 0.00659. The van der Waals surface area contributed by atoms with E-state index in [1.54, 1.807) is 29.6 Å². The van der Waals surface area contributed by atoms with E-state index in [0.717, 1.165) is 42.0 Å². The number of benzene rings is 2. The maximum absolute atomic E-state index is 15.4. The Hall–Kier alpha value is -4.10. The van der Waals surface area contributed by atoms with Gasteiger partial charge in [-0.3, -0.25) is 15.0 Å². The number of anilines is 1. The lowest BCUT2D eigenvalue weighted by Gasteiger charge is -2.44. The van der Waals surface area contributed by atoms with E-state index in [-0.39, 0.29) is 45.6 Å². The van der Waals surface area contributed by atoms with Crippen molar-refractivity contribution in [1.82, 2.24) is 4.90 Å². The summed E-state index contributed by atoms with van der Waals surface area (Å²) in [4.78, 5) is 30.3. The molecule has 2 aromatic carbocycles. The quantitative estimate of drug-likeness (QED) is 0.125. The molecule has 2 aromatic heterocycles. The third-order valence-electron chi connectivity index (χ3n) is 9.28. The lowest BCUT2D eigenvalue weighted by atomic mass is 9.83. The van der Waals surface area contributed by atoms with E-state index >= 15 is 4.39 Å². The average Bonchev–Trinajstić information content (AvgIpc) is 3.51. The first-order valence-corrected chi connectivity index (χ1v) is 17.3. The fraction of sp³-hybridized carbons (Fsp3) is 0.343. The van der Waals surface area contributed by atoms with E-state index in [9.17, 15) is 19.9 Å². The number of fused-ring (bicyclic) bond motifs is 3. The van der Waals surface area contributed by atoms with Gasteiger partial charge in [0.05, 0.1) is 26.5 Å². The van der Waals surface area contributed by atoms with Crippen molar-refractivity contribution in [3.63, 3.8) is 0 Å². The number of carbonyl (C=O) groups is 2. The van der Waals surface area contributed by atoms with Gasteiger partial charge in [0.1, 0.15) is 26.8 Å². The summed E-state index contributed by atoms with van der Waals surface area (Å²) in [5.41, 5.74) is 1.95. The van der Waals surface area contributed by atoms with Crippen molar-refractivity contribution in [2.24, 2.45) is 5.92 Å². The number of carbonyl (C=O) groups excluding carboxylic acids is 1. The number of para-hydroxylation sites is 1. The second kappa shape index (κ2) is 14.8. The van der Waals surface area contributed by atoms with Crippen molar-refractivity contribution in [3.8, 4) is 11.5 Å². The zero-order valence-corrected chi connectivity index (χ0v) is 29.1. The van der Waals surface area contributed by atoms with Gasteiger partial charge in [0, 0.05) is 22.8 Å². The van der Waals surface area contributed by atoms with E-state index < -0.39 is 23.8 Å². The second-order valence-corrected chi connectivity index (χ2v) is 13.8. The number of hydrogen-bond donors (Lipinski definition) is 2. The van der Waals surface area contributed by atoms with Gasteiger partial charge in [0.15, 0.2) is 11.5 Å². The number of carboxylic acids is 1. The highest BCUT2D eigenvalue weighted by Crippen LogP contribution is 2.42. The van der Waals surface area contributed by atoms with Crippen LogP contribution in [0, 0.1) is 11.7 Å². The number of ether oxygens (including phenoxy) is 3. The normalized spacial score (nSPS) is 18.9. The molecule has 3 fully saturated rings. The minimum atomic E-state index is -1.18. The zero-order valence-electron chi connectivity index (χ0n) is 26.8. The highest BCUT2D eigenvalue weighted by Gasteiger charge is 2.38. The summed E-state index contributed by atoms with van der Waals surface area (Å²) < 4.78 is 33.3. The van der Waals surface area contributed by atoms with E-state index in [1.807, 2.05) is 0 Å². The molecule has 5 heterocycles. The first-order valence-electron chi connectivity index (χ1n) is 15.7. The molecular weight excluding hydrogens is 696 g/mol. The van der Waals surface area contributed by atoms with Crippen LogP contribution in [0.25, 0.3) is 0 Å². The molecule has 0 unspecified atom stereocenters. The number of halogens is 3. The number of amides is 1. The molecule has 14 heteroatoms. The molecule has 3 aliphatic heterocycles. The smallest absolute Gasteiger partial charge is 0.415 e. The number of nitrogens with zero attached hydrogens (tertiary/aromatic N) is 3. The summed E-state index contributed by atoms with van der Waals surface area (Å²) in [6, 6.07) is 11.2. The molecule has 2 bridgehead atoms. The Kier molecular flexibility index (Phi) is 10.5. The fourth-order valence-corrected chi connectivity index (χ4v) is 8.36. The summed E-state index contributed by atoms with van der Waals surface area (Å²) in [5.74, 6) is -1.42. The molecule has 3 saturated heterocycles. The fourth-order valence-electron chi connectivity index (χ4n) is 6.79. The number of aromatic nitrogens is 1. The molecule has 258 valence electrons. The van der Waals surface area contributed by atoms with Gasteiger partial charge in [-0.1, -0.05) is 41.4 Å². The number of pyridine rings is 1. The highest BCUT2D eigenvalue weighted by molar-refractivity contribution is 7.12. The van der Waals surface area contributed by atoms with Crippen molar-refractivity contribution < 1.29 is 43.2 Å². The zero-order chi connectivity index (χ0) is 34.8. The van der Waals surface area contributed by atoms with Crippen LogP contribution in [0.5, 0.6) is 11.5 Å². The predicted octanol–water partition coefficient (Wildman–Crippen LogP) is 7.05. The Morgan fingerprint density at radius 3 is 2.39 bits per heavy atom. The van der Waals surface area contributed by atoms with Crippen molar-refractivity contribution >= 4 is 52.3 Å². The molecule has 2 N–H and O–H groups in total. The van der Waals surface area contributed by atoms with Gasteiger partial charge >= 0.3 is 12.1 Å². The maximum atomic E-state index is 15.4. The van der Waals surface area contributed by atoms with Crippen LogP contribution in [0.2, 0.25) is 10.0 Å². The molecule has 0 radical (unpaired) electrons. The standard InChI is InChI=1S/C35H34Cl2FN3O7S/c1-46-29-8-7-21(13-30(29)47-2)23(14-24-25(36)16-40(45)17-26(24)37)32-22(19-49-33(32)34(42)43)15-41(28-6-4-3-5-27(28)38)35(44)48-31-18-39-11-9-20(31)10-12-39/h3-8,13,16-17,19-20,23,31H,9-12,14-15,18H2,1-2H3,(H-,42,43,45)/p+1/t23-,31-/m0/s1. The molecular formula is C35H35Cl2FN3O7S+. The maximum Gasteiger partial charge on any atom is 0.415 e. The van der Waals surface area contributed by atoms with Crippen molar-refractivity contribution in [3.05, 3.63) is 103 Å². The summed E-state index contributed by atoms with van der Waals surface area (Å²) in [7, 11) is 3.00. The summed E-state index contributed by atoms with van der Waals surface area (Å²) >= 11 is 14.2. The van der Waals surface area contributed by atoms with E-state index in [2.05, 4.69) is 4.90 Å². The number of thiophene rings is 1. The SMILES string of the molecule is COc1ccc([C@H](Cc2c(Cl)c[n+](O)cc2Cl)c2c(CN(C(=O)O[C@H]3CN4CCC3CC4)c3ccccc3F)csc2C(=O)O)cc1OC. The van der Waals surface area contributed by atoms with Crippen molar-refractivity contribution in [2.75, 3.05) is 38.8 Å². The molecule has 10 nitrogen and oxygen atoms in total. The molecule has 2 atom stereocenters. The molecule has 4 aromatic rings. The van der Waals surface area contributed by atoms with Crippen LogP contribution in [-0.2, 0) is 17.7 Å². The van der Waals surface area contributed by atoms with E-state index in [1.165, 1.54) is 49.7 Å². The molecule has 1 amide bonds. The van der Waals surface area contributed by atoms with Gasteiger partial charge in [-0.2, -0.15) is 0 Å². The third-order valence-corrected chi connectivity index (χ3v) is 11.0. The molecule has 0 saturated carbocycles. The number of hydrogen-bond acceptors (Lipinski definition) is 8. The topological polar surface area (TPSA) is 113 Å². The van der Waals surface area contributed by atoms with Crippen molar-refractivity contribution in [2.45, 2.75) is 37.8 Å². The van der Waals surface area contributed by atoms with Crippen LogP contribution in [0.15, 0.2) is 60.2 Å². The van der Waals surface area contributed by atoms with E-state index in [0.29, 0.717) is 40.3 Å². The second-order valence-electron chi connectivity index (χ2n) is 12.1. The summed E-state index contributed by atoms with van der Waals surface area (Å²) in [5, 5.41) is 22.5. The third kappa shape index (κ3) is 7.28. The monoisotopic (exact) mass is 730 g/mol. The van der Waals surface area contributed by atoms with Gasteiger partial charge in [-0.25, -0.2) is 14.0 Å². The molecule has 0 spiro atoms. The first-order chi connectivity index (χ1) is 23.6. The van der Waals surface area contributed by atoms with Gasteiger partial charge in [-0.05, 0) is 84.6 Å². The number of piperidine rings is 3. The average molecular weight is 732 g/mol. The Morgan fingerprint density at radius 1 is 1.08 bits per heavy atom. The molecule has 3 aliphatic rings. The van der Waals surface area contributed by atoms with Gasteiger partial charge < -0.3 is 19.3 Å². The molecule has 49 heavy (non-hydrogen) atoms. The predicted molar refractivity (Wildman–Crippen MR) is 182 cm³/mol. The van der Waals surface area contributed by atoms with E-state index in [4.69, 9.17) is 37.4 Å². The van der Waals surface area contributed by atoms with Gasteiger partial charge in [-0.15, -0.1) is 11.3 Å². The summed E-state index contributed by atoms with van der Waals surface area (Å²) in [6.07, 6.45) is 3.45. The van der Waals surface area contributed by atoms with Crippen LogP contribution in [-0.4, -0.2) is 67.2 Å². The van der Waals surface area contributed by atoms with Crippen LogP contribution in [0.3, 0.4) is 0 Å². The number of methoxy groups -OCH3 is 2. The van der Waals surface area contributed by atoms with Crippen LogP contribution in [0.4, 0.5) is 14.9 Å².